The van der Waals surface area contributed by atoms with Gasteiger partial charge in [0.15, 0.2) is 5.82 Å². The van der Waals surface area contributed by atoms with Crippen LogP contribution in [0.25, 0.3) is 0 Å². The Labute approximate surface area is 81.3 Å². The smallest absolute Gasteiger partial charge is 0.220 e. The molecule has 0 radical (unpaired) electrons. The van der Waals surface area contributed by atoms with E-state index in [4.69, 9.17) is 5.11 Å². The molecule has 0 saturated heterocycles. The molecule has 0 bridgehead atoms. The van der Waals surface area contributed by atoms with Gasteiger partial charge in [0.1, 0.15) is 0 Å². The molecule has 0 aliphatic rings. The van der Waals surface area contributed by atoms with Crippen LogP contribution in [0.3, 0.4) is 0 Å². The third kappa shape index (κ3) is 3.99. The third-order valence-electron chi connectivity index (χ3n) is 1.64. The van der Waals surface area contributed by atoms with Crippen LogP contribution in [0.4, 0.5) is 0 Å². The fraction of sp³-hybridized carbons (Fsp3) is 0.625. The van der Waals surface area contributed by atoms with E-state index in [1.54, 1.807) is 0 Å². The van der Waals surface area contributed by atoms with Gasteiger partial charge in [0.25, 0.3) is 0 Å². The molecule has 0 unspecified atom stereocenters. The second-order valence-electron chi connectivity index (χ2n) is 2.77. The van der Waals surface area contributed by atoms with Gasteiger partial charge in [-0.1, -0.05) is 5.16 Å². The van der Waals surface area contributed by atoms with Crippen LogP contribution in [-0.4, -0.2) is 34.3 Å². The Hall–Kier alpha value is -1.43. The van der Waals surface area contributed by atoms with Gasteiger partial charge in [-0.25, -0.2) is 0 Å². The molecule has 0 spiro atoms. The summed E-state index contributed by atoms with van der Waals surface area (Å²) in [6.45, 7) is 0.530. The van der Waals surface area contributed by atoms with E-state index in [1.807, 2.05) is 0 Å². The van der Waals surface area contributed by atoms with Gasteiger partial charge in [-0.2, -0.15) is 4.98 Å². The van der Waals surface area contributed by atoms with Crippen LogP contribution < -0.4 is 5.32 Å². The zero-order chi connectivity index (χ0) is 10.2. The number of nitrogens with zero attached hydrogens (tertiary/aromatic N) is 2. The van der Waals surface area contributed by atoms with Gasteiger partial charge in [0, 0.05) is 26.0 Å². The maximum atomic E-state index is 11.0. The predicted octanol–water partition coefficient (Wildman–Crippen LogP) is -0.499. The summed E-state index contributed by atoms with van der Waals surface area (Å²) < 4.78 is 4.53. The van der Waals surface area contributed by atoms with Crippen molar-refractivity contribution in [1.82, 2.24) is 15.5 Å². The maximum absolute atomic E-state index is 11.0. The molecule has 2 N–H and O–H groups in total. The minimum absolute atomic E-state index is 0.0399. The van der Waals surface area contributed by atoms with Crippen molar-refractivity contribution in [2.75, 3.05) is 13.2 Å². The molecule has 0 aliphatic carbocycles. The van der Waals surface area contributed by atoms with E-state index in [2.05, 4.69) is 20.0 Å². The van der Waals surface area contributed by atoms with E-state index in [1.165, 1.54) is 6.39 Å². The lowest BCUT2D eigenvalue weighted by atomic mass is 10.3. The minimum Gasteiger partial charge on any atom is -0.396 e. The number of hydrogen-bond acceptors (Lipinski definition) is 5. The quantitative estimate of drug-likeness (QED) is 0.644. The molecule has 6 nitrogen and oxygen atoms in total. The first kappa shape index (κ1) is 10.6. The molecule has 1 heterocycles. The highest BCUT2D eigenvalue weighted by atomic mass is 16.5. The van der Waals surface area contributed by atoms with E-state index in [0.29, 0.717) is 31.6 Å². The van der Waals surface area contributed by atoms with E-state index in [0.717, 1.165) is 0 Å². The SMILES string of the molecule is O=C(CCCO)NCCc1ncon1. The number of rotatable bonds is 6. The van der Waals surface area contributed by atoms with Crippen molar-refractivity contribution >= 4 is 5.91 Å². The number of nitrogens with one attached hydrogen (secondary N) is 1. The second-order valence-corrected chi connectivity index (χ2v) is 2.77. The molecule has 78 valence electrons. The highest BCUT2D eigenvalue weighted by Crippen LogP contribution is 1.90. The Morgan fingerprint density at radius 3 is 3.14 bits per heavy atom. The number of carbonyl (C=O) groups is 1. The average Bonchev–Trinajstić information content (AvgIpc) is 2.67. The van der Waals surface area contributed by atoms with Crippen molar-refractivity contribution in [1.29, 1.82) is 0 Å². The maximum Gasteiger partial charge on any atom is 0.220 e. The number of carbonyl (C=O) groups excluding carboxylic acids is 1. The number of hydrogen-bond donors (Lipinski definition) is 2. The Morgan fingerprint density at radius 2 is 2.50 bits per heavy atom. The Morgan fingerprint density at radius 1 is 1.64 bits per heavy atom. The fourth-order valence-electron chi connectivity index (χ4n) is 0.944. The first-order chi connectivity index (χ1) is 6.83. The summed E-state index contributed by atoms with van der Waals surface area (Å²) in [4.78, 5) is 14.9. The lowest BCUT2D eigenvalue weighted by molar-refractivity contribution is -0.121. The third-order valence-corrected chi connectivity index (χ3v) is 1.64. The van der Waals surface area contributed by atoms with Crippen molar-refractivity contribution in [3.63, 3.8) is 0 Å². The number of aliphatic hydroxyl groups excluding tert-OH is 1. The number of aliphatic hydroxyl groups is 1. The van der Waals surface area contributed by atoms with Crippen LogP contribution in [0.5, 0.6) is 0 Å². The molecule has 1 aromatic heterocycles. The zero-order valence-electron chi connectivity index (χ0n) is 7.77. The van der Waals surface area contributed by atoms with Gasteiger partial charge in [-0.15, -0.1) is 0 Å². The Balaban J connectivity index is 2.06. The second kappa shape index (κ2) is 6.09. The van der Waals surface area contributed by atoms with E-state index in [9.17, 15) is 4.79 Å². The largest absolute Gasteiger partial charge is 0.396 e. The van der Waals surface area contributed by atoms with Crippen molar-refractivity contribution < 1.29 is 14.4 Å². The monoisotopic (exact) mass is 199 g/mol. The Bertz CT molecular complexity index is 261. The molecular formula is C8H13N3O3. The van der Waals surface area contributed by atoms with Crippen LogP contribution in [0.2, 0.25) is 0 Å². The molecule has 6 heteroatoms. The fourth-order valence-corrected chi connectivity index (χ4v) is 0.944. The molecule has 0 aromatic carbocycles. The lowest BCUT2D eigenvalue weighted by Crippen LogP contribution is -2.25. The Kier molecular flexibility index (Phi) is 4.63. The molecule has 0 atom stereocenters. The highest BCUT2D eigenvalue weighted by Gasteiger charge is 2.01. The van der Waals surface area contributed by atoms with E-state index >= 15 is 0 Å². The highest BCUT2D eigenvalue weighted by molar-refractivity contribution is 5.75. The minimum atomic E-state index is -0.0671. The first-order valence-electron chi connectivity index (χ1n) is 4.45. The summed E-state index contributed by atoms with van der Waals surface area (Å²) in [5.41, 5.74) is 0. The van der Waals surface area contributed by atoms with Crippen molar-refractivity contribution in [3.8, 4) is 0 Å². The lowest BCUT2D eigenvalue weighted by Gasteiger charge is -2.01. The molecular weight excluding hydrogens is 186 g/mol. The van der Waals surface area contributed by atoms with Crippen LogP contribution in [0.1, 0.15) is 18.7 Å². The van der Waals surface area contributed by atoms with Crippen LogP contribution in [-0.2, 0) is 11.2 Å². The van der Waals surface area contributed by atoms with Gasteiger partial charge < -0.3 is 14.9 Å². The van der Waals surface area contributed by atoms with Crippen molar-refractivity contribution in [2.24, 2.45) is 0 Å². The van der Waals surface area contributed by atoms with Crippen LogP contribution >= 0.6 is 0 Å². The molecule has 1 aromatic rings. The average molecular weight is 199 g/mol. The molecule has 0 aliphatic heterocycles. The number of aromatic nitrogens is 2. The molecule has 1 rings (SSSR count). The normalized spacial score (nSPS) is 10.1. The summed E-state index contributed by atoms with van der Waals surface area (Å²) in [5, 5.41) is 14.8. The number of amides is 1. The van der Waals surface area contributed by atoms with Gasteiger partial charge >= 0.3 is 0 Å². The summed E-state index contributed by atoms with van der Waals surface area (Å²) in [7, 11) is 0. The summed E-state index contributed by atoms with van der Waals surface area (Å²) in [5.74, 6) is 0.509. The van der Waals surface area contributed by atoms with E-state index in [-0.39, 0.29) is 12.5 Å². The van der Waals surface area contributed by atoms with Gasteiger partial charge in [0.05, 0.1) is 0 Å². The predicted molar refractivity (Wildman–Crippen MR) is 47.3 cm³/mol. The summed E-state index contributed by atoms with van der Waals surface area (Å²) >= 11 is 0. The summed E-state index contributed by atoms with van der Waals surface area (Å²) in [6, 6.07) is 0. The van der Waals surface area contributed by atoms with E-state index < -0.39 is 0 Å². The molecule has 1 amide bonds. The van der Waals surface area contributed by atoms with Crippen LogP contribution in [0, 0.1) is 0 Å². The molecule has 0 saturated carbocycles. The van der Waals surface area contributed by atoms with Gasteiger partial charge in [0.2, 0.25) is 12.3 Å². The molecule has 0 fully saturated rings. The zero-order valence-corrected chi connectivity index (χ0v) is 7.77. The van der Waals surface area contributed by atoms with Crippen LogP contribution in [0.15, 0.2) is 10.9 Å². The van der Waals surface area contributed by atoms with Crippen molar-refractivity contribution in [3.05, 3.63) is 12.2 Å². The summed E-state index contributed by atoms with van der Waals surface area (Å²) in [6.07, 6.45) is 2.65. The van der Waals surface area contributed by atoms with Crippen molar-refractivity contribution in [2.45, 2.75) is 19.3 Å². The molecule has 14 heavy (non-hydrogen) atoms. The topological polar surface area (TPSA) is 88.2 Å². The first-order valence-corrected chi connectivity index (χ1v) is 4.45. The van der Waals surface area contributed by atoms with Gasteiger partial charge in [-0.3, -0.25) is 4.79 Å². The van der Waals surface area contributed by atoms with Gasteiger partial charge in [-0.05, 0) is 6.42 Å². The standard InChI is InChI=1S/C8H13N3O3/c12-5-1-2-8(13)9-4-3-7-10-6-14-11-7/h6,12H,1-5H2,(H,9,13).